The van der Waals surface area contributed by atoms with Gasteiger partial charge in [0.2, 0.25) is 0 Å². The summed E-state index contributed by atoms with van der Waals surface area (Å²) in [5, 5.41) is 23.0. The number of hydrogen-bond donors (Lipinski definition) is 5. The minimum Gasteiger partial charge on any atom is -0.387 e. The van der Waals surface area contributed by atoms with Gasteiger partial charge >= 0.3 is 5.69 Å². The van der Waals surface area contributed by atoms with E-state index in [4.69, 9.17) is 10.5 Å². The van der Waals surface area contributed by atoms with Crippen LogP contribution < -0.4 is 22.3 Å². The van der Waals surface area contributed by atoms with Gasteiger partial charge in [0.15, 0.2) is 6.23 Å². The Balaban J connectivity index is 2.05. The molecule has 0 radical (unpaired) electrons. The molecule has 0 aromatic carbocycles. The van der Waals surface area contributed by atoms with E-state index in [1.807, 2.05) is 0 Å². The lowest BCUT2D eigenvalue weighted by atomic mass is 10.1. The first kappa shape index (κ1) is 15.9. The van der Waals surface area contributed by atoms with Crippen molar-refractivity contribution in [3.05, 3.63) is 33.1 Å². The minimum atomic E-state index is -1.25. The predicted molar refractivity (Wildman–Crippen MR) is 73.8 cm³/mol. The topological polar surface area (TPSA) is 143 Å². The summed E-state index contributed by atoms with van der Waals surface area (Å²) in [6.07, 6.45) is -2.05. The van der Waals surface area contributed by atoms with Crippen LogP contribution in [-0.2, 0) is 4.74 Å². The summed E-state index contributed by atoms with van der Waals surface area (Å²) in [6, 6.07) is 1.15. The van der Waals surface area contributed by atoms with Crippen LogP contribution in [0.25, 0.3) is 0 Å². The van der Waals surface area contributed by atoms with Gasteiger partial charge in [0.1, 0.15) is 18.3 Å². The van der Waals surface area contributed by atoms with Crippen molar-refractivity contribution in [2.24, 2.45) is 5.73 Å². The molecule has 1 aromatic rings. The molecule has 0 spiro atoms. The van der Waals surface area contributed by atoms with Crippen molar-refractivity contribution in [1.82, 2.24) is 14.9 Å². The molecule has 1 aliphatic rings. The second-order valence-corrected chi connectivity index (χ2v) is 4.91. The zero-order chi connectivity index (χ0) is 15.4. The Morgan fingerprint density at radius 3 is 2.81 bits per heavy atom. The van der Waals surface area contributed by atoms with Gasteiger partial charge in [0.25, 0.3) is 5.56 Å². The van der Waals surface area contributed by atoms with E-state index in [9.17, 15) is 19.8 Å². The molecule has 118 valence electrons. The van der Waals surface area contributed by atoms with Crippen LogP contribution in [0.5, 0.6) is 0 Å². The average molecular weight is 300 g/mol. The number of ether oxygens (including phenoxy) is 1. The van der Waals surface area contributed by atoms with E-state index < -0.39 is 35.8 Å². The van der Waals surface area contributed by atoms with E-state index in [0.29, 0.717) is 19.6 Å². The van der Waals surface area contributed by atoms with Crippen LogP contribution in [0.1, 0.15) is 12.6 Å². The molecule has 21 heavy (non-hydrogen) atoms. The molecule has 0 aliphatic carbocycles. The molecule has 1 aromatic heterocycles. The van der Waals surface area contributed by atoms with Gasteiger partial charge in [0.05, 0.1) is 0 Å². The maximum atomic E-state index is 11.7. The Kier molecular flexibility index (Phi) is 5.26. The van der Waals surface area contributed by atoms with Crippen molar-refractivity contribution in [2.75, 3.05) is 19.6 Å². The molecular weight excluding hydrogens is 280 g/mol. The fourth-order valence-corrected chi connectivity index (χ4v) is 2.23. The largest absolute Gasteiger partial charge is 0.387 e. The summed E-state index contributed by atoms with van der Waals surface area (Å²) in [5.41, 5.74) is 4.13. The zero-order valence-corrected chi connectivity index (χ0v) is 11.4. The number of H-pyrrole nitrogens is 1. The first-order valence-corrected chi connectivity index (χ1v) is 6.78. The number of aromatic amines is 1. The number of nitrogens with zero attached hydrogens (tertiary/aromatic N) is 1. The van der Waals surface area contributed by atoms with Gasteiger partial charge in [-0.15, -0.1) is 0 Å². The molecule has 2 rings (SSSR count). The maximum Gasteiger partial charge on any atom is 0.330 e. The highest BCUT2D eigenvalue weighted by molar-refractivity contribution is 4.93. The minimum absolute atomic E-state index is 0.326. The fraction of sp³-hybridized carbons (Fsp3) is 0.667. The standard InChI is InChI=1S/C12H20N4O5/c13-3-1-4-14-6-7-9(18)10(19)11(21-7)16-5-2-8(17)15-12(16)20/h2,5,7,9-11,14,18-19H,1,3-4,6,13H2,(H,15,17,20)/t7-,9-,10-,11-/m1/s1. The lowest BCUT2D eigenvalue weighted by Crippen LogP contribution is -2.39. The van der Waals surface area contributed by atoms with E-state index in [1.165, 1.54) is 6.20 Å². The van der Waals surface area contributed by atoms with Gasteiger partial charge in [-0.25, -0.2) is 4.79 Å². The SMILES string of the molecule is NCCCNC[C@H]1O[C@@H](n2ccc(=O)[nH]c2=O)[C@H](O)[C@@H]1O. The molecule has 0 bridgehead atoms. The maximum absolute atomic E-state index is 11.7. The van der Waals surface area contributed by atoms with Crippen molar-refractivity contribution < 1.29 is 14.9 Å². The third-order valence-corrected chi connectivity index (χ3v) is 3.37. The summed E-state index contributed by atoms with van der Waals surface area (Å²) >= 11 is 0. The highest BCUT2D eigenvalue weighted by Crippen LogP contribution is 2.27. The molecule has 0 amide bonds. The summed E-state index contributed by atoms with van der Waals surface area (Å²) in [5.74, 6) is 0. The van der Waals surface area contributed by atoms with Crippen molar-refractivity contribution in [3.63, 3.8) is 0 Å². The molecule has 0 saturated carbocycles. The van der Waals surface area contributed by atoms with E-state index >= 15 is 0 Å². The third kappa shape index (κ3) is 3.57. The lowest BCUT2D eigenvalue weighted by molar-refractivity contribution is -0.0390. The smallest absolute Gasteiger partial charge is 0.330 e. The van der Waals surface area contributed by atoms with Crippen LogP contribution >= 0.6 is 0 Å². The fourth-order valence-electron chi connectivity index (χ4n) is 2.23. The van der Waals surface area contributed by atoms with Gasteiger partial charge in [-0.05, 0) is 19.5 Å². The van der Waals surface area contributed by atoms with E-state index in [0.717, 1.165) is 17.1 Å². The molecule has 6 N–H and O–H groups in total. The molecule has 1 saturated heterocycles. The third-order valence-electron chi connectivity index (χ3n) is 3.37. The van der Waals surface area contributed by atoms with Crippen molar-refractivity contribution in [3.8, 4) is 0 Å². The number of aliphatic hydroxyl groups excluding tert-OH is 2. The van der Waals surface area contributed by atoms with Crippen molar-refractivity contribution in [1.29, 1.82) is 0 Å². The predicted octanol–water partition coefficient (Wildman–Crippen LogP) is -2.91. The summed E-state index contributed by atoms with van der Waals surface area (Å²) < 4.78 is 6.57. The molecular formula is C12H20N4O5. The van der Waals surface area contributed by atoms with Crippen LogP contribution in [0.2, 0.25) is 0 Å². The molecule has 9 heteroatoms. The number of aliphatic hydroxyl groups is 2. The van der Waals surface area contributed by atoms with E-state index in [2.05, 4.69) is 10.3 Å². The first-order chi connectivity index (χ1) is 10.0. The molecule has 4 atom stereocenters. The van der Waals surface area contributed by atoms with Crippen LogP contribution in [0.4, 0.5) is 0 Å². The monoisotopic (exact) mass is 300 g/mol. The Morgan fingerprint density at radius 2 is 2.14 bits per heavy atom. The highest BCUT2D eigenvalue weighted by atomic mass is 16.6. The average Bonchev–Trinajstić information content (AvgIpc) is 2.72. The summed E-state index contributed by atoms with van der Waals surface area (Å²) in [7, 11) is 0. The van der Waals surface area contributed by atoms with E-state index in [1.54, 1.807) is 0 Å². The molecule has 1 fully saturated rings. The number of nitrogens with two attached hydrogens (primary N) is 1. The van der Waals surface area contributed by atoms with Crippen LogP contribution in [-0.4, -0.2) is 57.7 Å². The summed E-state index contributed by atoms with van der Waals surface area (Å²) in [6.45, 7) is 1.55. The Labute approximate surface area is 120 Å². The van der Waals surface area contributed by atoms with Gasteiger partial charge in [-0.2, -0.15) is 0 Å². The van der Waals surface area contributed by atoms with Crippen molar-refractivity contribution >= 4 is 0 Å². The first-order valence-electron chi connectivity index (χ1n) is 6.78. The number of aromatic nitrogens is 2. The van der Waals surface area contributed by atoms with Crippen LogP contribution in [0.15, 0.2) is 21.9 Å². The van der Waals surface area contributed by atoms with Crippen LogP contribution in [0.3, 0.4) is 0 Å². The summed E-state index contributed by atoms with van der Waals surface area (Å²) in [4.78, 5) is 24.8. The number of nitrogens with one attached hydrogen (secondary N) is 2. The highest BCUT2D eigenvalue weighted by Gasteiger charge is 2.43. The van der Waals surface area contributed by atoms with Crippen molar-refractivity contribution in [2.45, 2.75) is 31.0 Å². The molecule has 2 heterocycles. The second kappa shape index (κ2) is 6.96. The molecule has 0 unspecified atom stereocenters. The Morgan fingerprint density at radius 1 is 1.38 bits per heavy atom. The van der Waals surface area contributed by atoms with Crippen LogP contribution in [0, 0.1) is 0 Å². The van der Waals surface area contributed by atoms with Gasteiger partial charge in [-0.3, -0.25) is 14.3 Å². The van der Waals surface area contributed by atoms with Gasteiger partial charge in [-0.1, -0.05) is 0 Å². The zero-order valence-electron chi connectivity index (χ0n) is 11.4. The normalized spacial score (nSPS) is 28.9. The quantitative estimate of drug-likeness (QED) is 0.354. The number of hydrogen-bond acceptors (Lipinski definition) is 7. The lowest BCUT2D eigenvalue weighted by Gasteiger charge is -2.16. The second-order valence-electron chi connectivity index (χ2n) is 4.91. The molecule has 1 aliphatic heterocycles. The van der Waals surface area contributed by atoms with Gasteiger partial charge in [0, 0.05) is 18.8 Å². The van der Waals surface area contributed by atoms with E-state index in [-0.39, 0.29) is 0 Å². The number of rotatable bonds is 6. The Hall–Kier alpha value is -1.52. The van der Waals surface area contributed by atoms with Gasteiger partial charge < -0.3 is 26.0 Å². The Bertz CT molecular complexity index is 571. The molecule has 9 nitrogen and oxygen atoms in total.